The zero-order valence-corrected chi connectivity index (χ0v) is 14.9. The number of aromatic nitrogens is 1. The Morgan fingerprint density at radius 1 is 1.08 bits per heavy atom. The Kier molecular flexibility index (Phi) is 5.44. The van der Waals surface area contributed by atoms with Crippen molar-refractivity contribution in [2.24, 2.45) is 0 Å². The Hall–Kier alpha value is -2.98. The van der Waals surface area contributed by atoms with Crippen molar-refractivity contribution in [3.63, 3.8) is 0 Å². The van der Waals surface area contributed by atoms with E-state index in [9.17, 15) is 9.59 Å². The summed E-state index contributed by atoms with van der Waals surface area (Å²) in [5.41, 5.74) is 2.91. The number of pyridine rings is 1. The molecule has 0 unspecified atom stereocenters. The summed E-state index contributed by atoms with van der Waals surface area (Å²) in [6.45, 7) is 0. The number of hydrogen-bond donors (Lipinski definition) is 0. The number of hydrogen-bond acceptors (Lipinski definition) is 4. The van der Waals surface area contributed by atoms with E-state index in [-0.39, 0.29) is 12.2 Å². The molecule has 3 rings (SSSR count). The molecule has 2 aromatic carbocycles. The monoisotopic (exact) mass is 365 g/mol. The van der Waals surface area contributed by atoms with Gasteiger partial charge in [0.05, 0.1) is 18.3 Å². The Labute approximate surface area is 156 Å². The molecule has 0 aliphatic heterocycles. The molecule has 4 nitrogen and oxygen atoms in total. The van der Waals surface area contributed by atoms with Crippen molar-refractivity contribution in [3.05, 3.63) is 76.4 Å². The zero-order valence-electron chi connectivity index (χ0n) is 14.1. The minimum Gasteiger partial charge on any atom is -0.469 e. The fourth-order valence-electron chi connectivity index (χ4n) is 2.50. The van der Waals surface area contributed by atoms with E-state index in [1.807, 2.05) is 48.6 Å². The number of Topliss-reactive ketones (excluding diaryl/α,β-unsaturated/α-hetero) is 1. The molecule has 1 heterocycles. The van der Waals surface area contributed by atoms with Crippen LogP contribution in [-0.4, -0.2) is 23.8 Å². The fourth-order valence-corrected chi connectivity index (χ4v) is 2.67. The first-order valence-electron chi connectivity index (χ1n) is 7.99. The van der Waals surface area contributed by atoms with Crippen LogP contribution in [0.25, 0.3) is 23.1 Å². The summed E-state index contributed by atoms with van der Waals surface area (Å²) in [5, 5.41) is 1.66. The van der Waals surface area contributed by atoms with Crippen LogP contribution < -0.4 is 0 Å². The second-order valence-corrected chi connectivity index (χ2v) is 6.14. The summed E-state index contributed by atoms with van der Waals surface area (Å²) in [6.07, 6.45) is 3.47. The van der Waals surface area contributed by atoms with Crippen molar-refractivity contribution < 1.29 is 14.3 Å². The van der Waals surface area contributed by atoms with Crippen LogP contribution >= 0.6 is 11.6 Å². The quantitative estimate of drug-likeness (QED) is 0.370. The van der Waals surface area contributed by atoms with Crippen LogP contribution in [0.3, 0.4) is 0 Å². The Balaban J connectivity index is 1.81. The van der Waals surface area contributed by atoms with E-state index in [4.69, 9.17) is 11.6 Å². The Bertz CT molecular complexity index is 1010. The number of methoxy groups -OCH3 is 1. The lowest BCUT2D eigenvalue weighted by Gasteiger charge is -2.02. The first kappa shape index (κ1) is 17.8. The molecule has 0 bridgehead atoms. The highest BCUT2D eigenvalue weighted by Crippen LogP contribution is 2.19. The topological polar surface area (TPSA) is 56.3 Å². The molecule has 0 saturated carbocycles. The maximum absolute atomic E-state index is 12.1. The maximum atomic E-state index is 12.1. The molecular formula is C21H16ClNO3. The zero-order chi connectivity index (χ0) is 18.5. The first-order chi connectivity index (χ1) is 12.5. The van der Waals surface area contributed by atoms with Crippen LogP contribution in [0.15, 0.2) is 54.6 Å². The Morgan fingerprint density at radius 3 is 2.69 bits per heavy atom. The van der Waals surface area contributed by atoms with Crippen molar-refractivity contribution >= 4 is 46.4 Å². The minimum atomic E-state index is -0.546. The molecule has 0 spiro atoms. The smallest absolute Gasteiger partial charge is 0.313 e. The number of ether oxygens (including phenoxy) is 1. The van der Waals surface area contributed by atoms with Crippen molar-refractivity contribution in [2.45, 2.75) is 6.42 Å². The van der Waals surface area contributed by atoms with Crippen LogP contribution in [0.5, 0.6) is 0 Å². The average molecular weight is 366 g/mol. The van der Waals surface area contributed by atoms with Gasteiger partial charge in [-0.1, -0.05) is 48.0 Å². The van der Waals surface area contributed by atoms with Crippen molar-refractivity contribution in [1.29, 1.82) is 0 Å². The largest absolute Gasteiger partial charge is 0.469 e. The van der Waals surface area contributed by atoms with E-state index in [2.05, 4.69) is 9.72 Å². The predicted octanol–water partition coefficient (Wildman–Crippen LogP) is 4.80. The molecule has 130 valence electrons. The van der Waals surface area contributed by atoms with Crippen molar-refractivity contribution in [1.82, 2.24) is 4.98 Å². The van der Waals surface area contributed by atoms with Gasteiger partial charge < -0.3 is 4.74 Å². The molecule has 3 aromatic rings. The van der Waals surface area contributed by atoms with E-state index < -0.39 is 5.97 Å². The fraction of sp³-hybridized carbons (Fsp3) is 0.0952. The highest BCUT2D eigenvalue weighted by molar-refractivity contribution is 6.31. The van der Waals surface area contributed by atoms with E-state index in [1.165, 1.54) is 7.11 Å². The SMILES string of the molecule is COC(=O)CC(=O)c1cccc(/C=C/c2ccc3ccc(Cl)cc3n2)c1. The Morgan fingerprint density at radius 2 is 1.88 bits per heavy atom. The second-order valence-electron chi connectivity index (χ2n) is 5.71. The number of rotatable bonds is 5. The molecule has 0 aliphatic rings. The third-order valence-electron chi connectivity index (χ3n) is 3.86. The van der Waals surface area contributed by atoms with Gasteiger partial charge in [0.2, 0.25) is 0 Å². The maximum Gasteiger partial charge on any atom is 0.313 e. The lowest BCUT2D eigenvalue weighted by atomic mass is 10.0. The molecule has 0 radical (unpaired) electrons. The van der Waals surface area contributed by atoms with Gasteiger partial charge in [-0.15, -0.1) is 0 Å². The third-order valence-corrected chi connectivity index (χ3v) is 4.10. The molecule has 26 heavy (non-hydrogen) atoms. The molecule has 1 aromatic heterocycles. The van der Waals surface area contributed by atoms with E-state index >= 15 is 0 Å². The lowest BCUT2D eigenvalue weighted by Crippen LogP contribution is -2.09. The van der Waals surface area contributed by atoms with Crippen molar-refractivity contribution in [2.75, 3.05) is 7.11 Å². The number of benzene rings is 2. The van der Waals surface area contributed by atoms with E-state index in [1.54, 1.807) is 18.2 Å². The summed E-state index contributed by atoms with van der Waals surface area (Å²) in [4.78, 5) is 27.9. The molecule has 0 amide bonds. The number of carbonyl (C=O) groups is 2. The van der Waals surface area contributed by atoms with Gasteiger partial charge in [-0.05, 0) is 35.9 Å². The highest BCUT2D eigenvalue weighted by atomic mass is 35.5. The van der Waals surface area contributed by atoms with Crippen LogP contribution in [0.1, 0.15) is 28.0 Å². The number of ketones is 1. The number of esters is 1. The minimum absolute atomic E-state index is 0.267. The molecule has 0 atom stereocenters. The van der Waals surface area contributed by atoms with E-state index in [0.717, 1.165) is 22.2 Å². The summed E-state index contributed by atoms with van der Waals surface area (Å²) in [6, 6.07) is 16.5. The van der Waals surface area contributed by atoms with Gasteiger partial charge in [0, 0.05) is 16.0 Å². The van der Waals surface area contributed by atoms with Crippen LogP contribution in [0, 0.1) is 0 Å². The van der Waals surface area contributed by atoms with Crippen LogP contribution in [0.2, 0.25) is 5.02 Å². The van der Waals surface area contributed by atoms with Crippen LogP contribution in [-0.2, 0) is 9.53 Å². The third kappa shape index (κ3) is 4.35. The van der Waals surface area contributed by atoms with E-state index in [0.29, 0.717) is 10.6 Å². The second kappa shape index (κ2) is 7.93. The van der Waals surface area contributed by atoms with Gasteiger partial charge in [-0.25, -0.2) is 4.98 Å². The highest BCUT2D eigenvalue weighted by Gasteiger charge is 2.11. The number of nitrogens with zero attached hydrogens (tertiary/aromatic N) is 1. The molecule has 5 heteroatoms. The van der Waals surface area contributed by atoms with Crippen molar-refractivity contribution in [3.8, 4) is 0 Å². The van der Waals surface area contributed by atoms with Crippen LogP contribution in [0.4, 0.5) is 0 Å². The van der Waals surface area contributed by atoms with Gasteiger partial charge in [0.1, 0.15) is 6.42 Å². The molecular weight excluding hydrogens is 350 g/mol. The number of fused-ring (bicyclic) bond motifs is 1. The number of carbonyl (C=O) groups excluding carboxylic acids is 2. The van der Waals surface area contributed by atoms with Gasteiger partial charge in [-0.3, -0.25) is 9.59 Å². The van der Waals surface area contributed by atoms with Gasteiger partial charge >= 0.3 is 5.97 Å². The predicted molar refractivity (Wildman–Crippen MR) is 103 cm³/mol. The lowest BCUT2D eigenvalue weighted by molar-refractivity contribution is -0.139. The first-order valence-corrected chi connectivity index (χ1v) is 8.37. The molecule has 0 saturated heterocycles. The number of halogens is 1. The van der Waals surface area contributed by atoms with Gasteiger partial charge in [-0.2, -0.15) is 0 Å². The average Bonchev–Trinajstić information content (AvgIpc) is 2.66. The summed E-state index contributed by atoms with van der Waals surface area (Å²) >= 11 is 6.01. The summed E-state index contributed by atoms with van der Waals surface area (Å²) < 4.78 is 4.53. The molecule has 0 N–H and O–H groups in total. The van der Waals surface area contributed by atoms with Gasteiger partial charge in [0.25, 0.3) is 0 Å². The molecule has 0 fully saturated rings. The summed E-state index contributed by atoms with van der Waals surface area (Å²) in [5.74, 6) is -0.819. The molecule has 0 aliphatic carbocycles. The normalized spacial score (nSPS) is 11.0. The standard InChI is InChI=1S/C21H16ClNO3/c1-26-21(25)13-20(24)16-4-2-3-14(11-16)5-9-18-10-7-15-6-8-17(22)12-19(15)23-18/h2-12H,13H2,1H3/b9-5+. The van der Waals surface area contributed by atoms with Gasteiger partial charge in [0.15, 0.2) is 5.78 Å². The summed E-state index contributed by atoms with van der Waals surface area (Å²) in [7, 11) is 1.26.